The van der Waals surface area contributed by atoms with E-state index in [0.717, 1.165) is 33.3 Å². The van der Waals surface area contributed by atoms with Crippen LogP contribution in [0.5, 0.6) is 5.75 Å². The van der Waals surface area contributed by atoms with Gasteiger partial charge in [-0.05, 0) is 60.5 Å². The molecule has 2 aliphatic rings. The van der Waals surface area contributed by atoms with Crippen molar-refractivity contribution < 1.29 is 71.6 Å². The summed E-state index contributed by atoms with van der Waals surface area (Å²) in [7, 11) is 1.64. The molecule has 0 spiro atoms. The Balaban J connectivity index is 1.11. The minimum atomic E-state index is -1.55. The Morgan fingerprint density at radius 2 is 1.36 bits per heavy atom. The molecule has 5 amide bonds. The number of aryl methyl sites for hydroxylation is 1. The number of nitrogens with two attached hydrogens (primary N) is 1. The fourth-order valence-electron chi connectivity index (χ4n) is 8.66. The number of esters is 4. The lowest BCUT2D eigenvalue weighted by molar-refractivity contribution is -0.288. The summed E-state index contributed by atoms with van der Waals surface area (Å²) in [5, 5.41) is 12.1. The summed E-state index contributed by atoms with van der Waals surface area (Å²) < 4.78 is 36.2. The maximum Gasteiger partial charge on any atom is 0.303 e. The molecule has 0 aliphatic carbocycles. The number of rotatable bonds is 20. The number of nitrogens with one attached hydrogen (secondary N) is 4. The van der Waals surface area contributed by atoms with Crippen molar-refractivity contribution in [2.45, 2.75) is 116 Å². The van der Waals surface area contributed by atoms with Crippen LogP contribution in [0, 0.1) is 5.92 Å². The van der Waals surface area contributed by atoms with Crippen LogP contribution in [0.3, 0.4) is 0 Å². The zero-order valence-corrected chi connectivity index (χ0v) is 43.5. The number of hydrogen-bond donors (Lipinski definition) is 5. The third kappa shape index (κ3) is 14.4. The van der Waals surface area contributed by atoms with Gasteiger partial charge in [-0.15, -0.1) is 11.6 Å². The van der Waals surface area contributed by atoms with Crippen LogP contribution in [0.15, 0.2) is 66.9 Å². The van der Waals surface area contributed by atoms with Crippen LogP contribution in [0.2, 0.25) is 0 Å². The first-order valence-electron chi connectivity index (χ1n) is 24.2. The lowest BCUT2D eigenvalue weighted by Gasteiger charge is -2.44. The molecule has 1 fully saturated rings. The van der Waals surface area contributed by atoms with Gasteiger partial charge in [-0.1, -0.05) is 38.1 Å². The van der Waals surface area contributed by atoms with Gasteiger partial charge in [0.25, 0.3) is 5.91 Å². The molecule has 23 heteroatoms. The second-order valence-electron chi connectivity index (χ2n) is 18.5. The number of hydrogen-bond acceptors (Lipinski definition) is 16. The third-order valence-corrected chi connectivity index (χ3v) is 12.7. The third-order valence-electron chi connectivity index (χ3n) is 12.3. The van der Waals surface area contributed by atoms with Gasteiger partial charge in [0.1, 0.15) is 30.2 Å². The number of carbonyl (C=O) groups is 9. The molecule has 4 aromatic rings. The fourth-order valence-corrected chi connectivity index (χ4v) is 8.91. The maximum atomic E-state index is 14.1. The van der Waals surface area contributed by atoms with E-state index in [0.29, 0.717) is 33.5 Å². The predicted molar refractivity (Wildman–Crippen MR) is 274 cm³/mol. The first kappa shape index (κ1) is 56.7. The molecule has 402 valence electrons. The summed E-state index contributed by atoms with van der Waals surface area (Å²) >= 11 is 6.54. The van der Waals surface area contributed by atoms with Crippen molar-refractivity contribution in [3.63, 3.8) is 0 Å². The minimum absolute atomic E-state index is 0.0436. The Labute approximate surface area is 437 Å². The highest BCUT2D eigenvalue weighted by atomic mass is 35.5. The molecule has 0 saturated carbocycles. The van der Waals surface area contributed by atoms with Crippen molar-refractivity contribution in [3.05, 3.63) is 78.1 Å². The summed E-state index contributed by atoms with van der Waals surface area (Å²) in [5.74, 6) is -5.26. The highest BCUT2D eigenvalue weighted by molar-refractivity contribution is 6.19. The van der Waals surface area contributed by atoms with E-state index in [2.05, 4.69) is 21.3 Å². The summed E-state index contributed by atoms with van der Waals surface area (Å²) in [5.41, 5.74) is 8.55. The largest absolute Gasteiger partial charge is 0.463 e. The maximum absolute atomic E-state index is 14.1. The monoisotopic (exact) mass is 1060 g/mol. The second-order valence-corrected chi connectivity index (χ2v) is 18.9. The van der Waals surface area contributed by atoms with Crippen LogP contribution in [0.25, 0.3) is 10.8 Å². The molecule has 1 saturated heterocycles. The number of fused-ring (bicyclic) bond motifs is 3. The number of halogens is 1. The van der Waals surface area contributed by atoms with Crippen LogP contribution in [0.1, 0.15) is 89.7 Å². The van der Waals surface area contributed by atoms with Gasteiger partial charge in [0.15, 0.2) is 12.2 Å². The van der Waals surface area contributed by atoms with Gasteiger partial charge in [0, 0.05) is 95.0 Å². The number of amides is 5. The smallest absolute Gasteiger partial charge is 0.303 e. The Morgan fingerprint density at radius 3 is 1.97 bits per heavy atom. The molecule has 0 bridgehead atoms. The van der Waals surface area contributed by atoms with Gasteiger partial charge in [0.2, 0.25) is 36.0 Å². The van der Waals surface area contributed by atoms with E-state index in [4.69, 9.17) is 45.8 Å². The summed E-state index contributed by atoms with van der Waals surface area (Å²) in [6, 6.07) is 15.1. The van der Waals surface area contributed by atoms with Gasteiger partial charge in [-0.25, -0.2) is 0 Å². The highest BCUT2D eigenvalue weighted by Gasteiger charge is 2.53. The minimum Gasteiger partial charge on any atom is -0.463 e. The average molecular weight is 1060 g/mol. The van der Waals surface area contributed by atoms with Crippen molar-refractivity contribution in [3.8, 4) is 5.75 Å². The van der Waals surface area contributed by atoms with Crippen molar-refractivity contribution in [1.29, 1.82) is 0 Å². The summed E-state index contributed by atoms with van der Waals surface area (Å²) in [4.78, 5) is 116. The van der Waals surface area contributed by atoms with Crippen molar-refractivity contribution in [2.75, 3.05) is 39.9 Å². The van der Waals surface area contributed by atoms with E-state index >= 15 is 0 Å². The fraction of sp³-hybridized carbons (Fsp3) is 0.442. The quantitative estimate of drug-likeness (QED) is 0.0451. The van der Waals surface area contributed by atoms with Gasteiger partial charge < -0.3 is 64.9 Å². The molecular formula is C52H62ClN7O15. The molecule has 3 aromatic carbocycles. The first-order chi connectivity index (χ1) is 35.5. The van der Waals surface area contributed by atoms with Gasteiger partial charge in [-0.2, -0.15) is 0 Å². The Bertz CT molecular complexity index is 2820. The zero-order chi connectivity index (χ0) is 54.8. The predicted octanol–water partition coefficient (Wildman–Crippen LogP) is 4.80. The first-order valence-corrected chi connectivity index (χ1v) is 24.7. The standard InChI is InChI=1S/C52H62ClN7O15/c1-26(2)45(54)51(69)55-27(3)49(67)57-33-16-18-34(19-17-33)58-50(68)39-20-35(24-59(39)8)56-42(65)14-11-15-43(66)60-23-32(22-53)44-37-13-10-9-12-36(37)40(21-38(44)60)74-52-48(73-31(7)64)47(72-30(6)63)46(71-29(5)62)41(75-52)25-70-28(4)61/h9-10,12-13,16-21,24,26-27,32,41,45-48,52H,11,14-15,22-23,25,54H2,1-8H3,(H,55,69)(H,56,65)(H,57,67)(H,58,68)/t27-,32+,41+,45-,46-,47-,48+,52+/m0/s1. The number of anilines is 4. The second kappa shape index (κ2) is 25.1. The normalized spacial score (nSPS) is 19.7. The molecule has 6 rings (SSSR count). The molecule has 0 radical (unpaired) electrons. The molecule has 3 heterocycles. The van der Waals surface area contributed by atoms with Crippen LogP contribution in [-0.4, -0.2) is 120 Å². The summed E-state index contributed by atoms with van der Waals surface area (Å²) in [6.45, 7) is 9.40. The number of carbonyl (C=O) groups excluding carboxylic acids is 9. The number of alkyl halides is 1. The van der Waals surface area contributed by atoms with Gasteiger partial charge in [-0.3, -0.25) is 43.2 Å². The lowest BCUT2D eigenvalue weighted by Crippen LogP contribution is -2.63. The van der Waals surface area contributed by atoms with E-state index < -0.39 is 96.9 Å². The van der Waals surface area contributed by atoms with Gasteiger partial charge in [0.05, 0.1) is 17.4 Å². The average Bonchev–Trinajstić information content (AvgIpc) is 3.92. The number of benzene rings is 3. The van der Waals surface area contributed by atoms with Gasteiger partial charge >= 0.3 is 23.9 Å². The zero-order valence-electron chi connectivity index (χ0n) is 42.8. The summed E-state index contributed by atoms with van der Waals surface area (Å²) in [6.07, 6.45) is -5.59. The van der Waals surface area contributed by atoms with Crippen LogP contribution in [0.4, 0.5) is 22.7 Å². The number of aromatic nitrogens is 1. The van der Waals surface area contributed by atoms with Crippen LogP contribution >= 0.6 is 11.6 Å². The van der Waals surface area contributed by atoms with Crippen molar-refractivity contribution >= 4 is 98.5 Å². The SMILES string of the molecule is CC(=O)OC[C@H]1O[C@@H](Oc2cc3c(c4ccccc24)[C@H](CCl)CN3C(=O)CCCC(=O)Nc2cc(C(=O)Nc3ccc(NC(=O)[C@H](C)NC(=O)[C@@H](N)C(C)C)cc3)n(C)c2)[C@H](OC(C)=O)[C@@H](OC(C)=O)[C@H]1OC(C)=O. The van der Waals surface area contributed by atoms with Crippen molar-refractivity contribution in [1.82, 2.24) is 9.88 Å². The molecule has 8 atom stereocenters. The molecule has 2 aliphatic heterocycles. The van der Waals surface area contributed by atoms with E-state index in [1.165, 1.54) is 6.07 Å². The molecule has 0 unspecified atom stereocenters. The number of ether oxygens (including phenoxy) is 6. The lowest BCUT2D eigenvalue weighted by atomic mass is 9.95. The molecule has 1 aromatic heterocycles. The van der Waals surface area contributed by atoms with E-state index in [1.54, 1.807) is 92.0 Å². The molecule has 22 nitrogen and oxygen atoms in total. The molecule has 75 heavy (non-hydrogen) atoms. The molecular weight excluding hydrogens is 998 g/mol. The van der Waals surface area contributed by atoms with Crippen LogP contribution in [-0.2, 0) is 69.1 Å². The Morgan fingerprint density at radius 1 is 0.747 bits per heavy atom. The Hall–Kier alpha value is -7.56. The number of nitrogens with zero attached hydrogens (tertiary/aromatic N) is 2. The van der Waals surface area contributed by atoms with Crippen molar-refractivity contribution in [2.24, 2.45) is 18.7 Å². The molecule has 6 N–H and O–H groups in total. The van der Waals surface area contributed by atoms with E-state index in [9.17, 15) is 43.2 Å². The van der Waals surface area contributed by atoms with E-state index in [1.807, 2.05) is 6.07 Å². The van der Waals surface area contributed by atoms with Crippen LogP contribution < -0.4 is 36.6 Å². The Kier molecular flexibility index (Phi) is 19.0. The highest BCUT2D eigenvalue weighted by Crippen LogP contribution is 2.47. The topological polar surface area (TPSA) is 291 Å². The van der Waals surface area contributed by atoms with E-state index in [-0.39, 0.29) is 60.9 Å².